The van der Waals surface area contributed by atoms with E-state index in [1.165, 1.54) is 0 Å². The molecule has 0 radical (unpaired) electrons. The summed E-state index contributed by atoms with van der Waals surface area (Å²) in [5, 5.41) is 0. The van der Waals surface area contributed by atoms with Crippen LogP contribution in [0.1, 0.15) is 13.8 Å². The maximum atomic E-state index is 5.14. The Morgan fingerprint density at radius 2 is 2.12 bits per heavy atom. The van der Waals surface area contributed by atoms with Gasteiger partial charge >= 0.3 is 0 Å². The summed E-state index contributed by atoms with van der Waals surface area (Å²) in [6.07, 6.45) is -0.0440. The zero-order valence-electron chi connectivity index (χ0n) is 5.09. The maximum absolute atomic E-state index is 5.14. The molecule has 3 nitrogen and oxygen atoms in total. The fourth-order valence-electron chi connectivity index (χ4n) is 0.620. The Morgan fingerprint density at radius 1 is 1.38 bits per heavy atom. The van der Waals surface area contributed by atoms with Crippen molar-refractivity contribution in [2.75, 3.05) is 6.61 Å². The largest absolute Gasteiger partial charge is 0.344 e. The summed E-state index contributed by atoms with van der Waals surface area (Å²) in [6.45, 7) is 4.28. The van der Waals surface area contributed by atoms with Crippen LogP contribution in [-0.4, -0.2) is 19.0 Å². The molecule has 0 saturated carbocycles. The van der Waals surface area contributed by atoms with Gasteiger partial charge in [-0.2, -0.15) is 0 Å². The second kappa shape index (κ2) is 2.44. The van der Waals surface area contributed by atoms with Crippen LogP contribution in [0.5, 0.6) is 0 Å². The summed E-state index contributed by atoms with van der Waals surface area (Å²) < 4.78 is 5.14. The van der Waals surface area contributed by atoms with E-state index >= 15 is 0 Å². The summed E-state index contributed by atoms with van der Waals surface area (Å²) in [4.78, 5) is 9.29. The lowest BCUT2D eigenvalue weighted by molar-refractivity contribution is -0.425. The molecule has 3 heteroatoms. The van der Waals surface area contributed by atoms with E-state index in [2.05, 4.69) is 9.78 Å². The van der Waals surface area contributed by atoms with Crippen molar-refractivity contribution in [3.05, 3.63) is 0 Å². The molecule has 0 N–H and O–H groups in total. The summed E-state index contributed by atoms with van der Waals surface area (Å²) in [5.41, 5.74) is 0. The van der Waals surface area contributed by atoms with Gasteiger partial charge in [0.15, 0.2) is 6.29 Å². The van der Waals surface area contributed by atoms with Gasteiger partial charge < -0.3 is 4.74 Å². The standard InChI is InChI=1S/C5H10O3/c1-4-3-6-8-5(2)7-4/h4-5H,3H2,1-2H3/t4-,5+/m0/s1. The van der Waals surface area contributed by atoms with Crippen LogP contribution in [0.4, 0.5) is 0 Å². The smallest absolute Gasteiger partial charge is 0.188 e. The quantitative estimate of drug-likeness (QED) is 0.438. The molecule has 1 heterocycles. The van der Waals surface area contributed by atoms with E-state index in [1.54, 1.807) is 6.92 Å². The molecule has 0 aromatic carbocycles. The van der Waals surface area contributed by atoms with Crippen molar-refractivity contribution in [1.29, 1.82) is 0 Å². The van der Waals surface area contributed by atoms with Crippen LogP contribution < -0.4 is 0 Å². The second-order valence-electron chi connectivity index (χ2n) is 1.90. The highest BCUT2D eigenvalue weighted by molar-refractivity contribution is 4.47. The Morgan fingerprint density at radius 3 is 2.50 bits per heavy atom. The molecule has 0 aromatic rings. The van der Waals surface area contributed by atoms with Crippen molar-refractivity contribution in [1.82, 2.24) is 0 Å². The molecule has 0 amide bonds. The van der Waals surface area contributed by atoms with Gasteiger partial charge in [-0.1, -0.05) is 0 Å². The first-order valence-corrected chi connectivity index (χ1v) is 2.73. The maximum Gasteiger partial charge on any atom is 0.188 e. The Balaban J connectivity index is 2.23. The van der Waals surface area contributed by atoms with Gasteiger partial charge in [0.05, 0.1) is 6.10 Å². The van der Waals surface area contributed by atoms with Crippen LogP contribution in [0.15, 0.2) is 0 Å². The Kier molecular flexibility index (Phi) is 1.83. The van der Waals surface area contributed by atoms with Crippen LogP contribution >= 0.6 is 0 Å². The van der Waals surface area contributed by atoms with Gasteiger partial charge in [0, 0.05) is 0 Å². The van der Waals surface area contributed by atoms with E-state index in [4.69, 9.17) is 4.74 Å². The van der Waals surface area contributed by atoms with Crippen LogP contribution in [0.2, 0.25) is 0 Å². The summed E-state index contributed by atoms with van der Waals surface area (Å²) in [5.74, 6) is 0. The fourth-order valence-corrected chi connectivity index (χ4v) is 0.620. The van der Waals surface area contributed by atoms with Gasteiger partial charge in [0.1, 0.15) is 6.61 Å². The van der Waals surface area contributed by atoms with Crippen molar-refractivity contribution < 1.29 is 14.5 Å². The molecule has 8 heavy (non-hydrogen) atoms. The molecule has 0 aliphatic carbocycles. The number of rotatable bonds is 0. The summed E-state index contributed by atoms with van der Waals surface area (Å²) in [6, 6.07) is 0. The Labute approximate surface area is 48.5 Å². The number of ether oxygens (including phenoxy) is 1. The van der Waals surface area contributed by atoms with Crippen molar-refractivity contribution >= 4 is 0 Å². The molecule has 1 saturated heterocycles. The van der Waals surface area contributed by atoms with E-state index in [-0.39, 0.29) is 12.4 Å². The molecule has 1 aliphatic heterocycles. The van der Waals surface area contributed by atoms with Crippen LogP contribution in [0.25, 0.3) is 0 Å². The molecule has 2 atom stereocenters. The van der Waals surface area contributed by atoms with Crippen LogP contribution in [0.3, 0.4) is 0 Å². The van der Waals surface area contributed by atoms with E-state index in [0.717, 1.165) is 0 Å². The third-order valence-corrected chi connectivity index (χ3v) is 0.930. The van der Waals surface area contributed by atoms with Crippen molar-refractivity contribution in [2.24, 2.45) is 0 Å². The lowest BCUT2D eigenvalue weighted by Crippen LogP contribution is -2.30. The fraction of sp³-hybridized carbons (Fsp3) is 1.00. The molecular formula is C5H10O3. The molecular weight excluding hydrogens is 108 g/mol. The number of hydrogen-bond acceptors (Lipinski definition) is 3. The highest BCUT2D eigenvalue weighted by Gasteiger charge is 2.15. The molecule has 0 bridgehead atoms. The van der Waals surface area contributed by atoms with E-state index in [9.17, 15) is 0 Å². The molecule has 1 rings (SSSR count). The van der Waals surface area contributed by atoms with Gasteiger partial charge in [-0.25, -0.2) is 9.78 Å². The average molecular weight is 118 g/mol. The highest BCUT2D eigenvalue weighted by atomic mass is 17.2. The van der Waals surface area contributed by atoms with E-state index in [1.807, 2.05) is 6.92 Å². The highest BCUT2D eigenvalue weighted by Crippen LogP contribution is 2.06. The minimum absolute atomic E-state index is 0.166. The third-order valence-electron chi connectivity index (χ3n) is 0.930. The predicted octanol–water partition coefficient (Wildman–Crippen LogP) is 0.699. The average Bonchev–Trinajstić information content (AvgIpc) is 1.64. The first-order valence-electron chi connectivity index (χ1n) is 2.73. The monoisotopic (exact) mass is 118 g/mol. The van der Waals surface area contributed by atoms with Crippen LogP contribution in [0, 0.1) is 0 Å². The van der Waals surface area contributed by atoms with Crippen molar-refractivity contribution in [3.8, 4) is 0 Å². The topological polar surface area (TPSA) is 27.7 Å². The SMILES string of the molecule is C[C@H]1OOC[C@H](C)O1. The van der Waals surface area contributed by atoms with Gasteiger partial charge in [-0.3, -0.25) is 0 Å². The first kappa shape index (κ1) is 6.01. The lowest BCUT2D eigenvalue weighted by atomic mass is 10.4. The second-order valence-corrected chi connectivity index (χ2v) is 1.90. The molecule has 0 spiro atoms. The van der Waals surface area contributed by atoms with Gasteiger partial charge in [-0.15, -0.1) is 0 Å². The minimum Gasteiger partial charge on any atom is -0.344 e. The van der Waals surface area contributed by atoms with Crippen LogP contribution in [-0.2, 0) is 14.5 Å². The third kappa shape index (κ3) is 1.43. The Bertz CT molecular complexity index is 66.1. The van der Waals surface area contributed by atoms with Gasteiger partial charge in [0.2, 0.25) is 0 Å². The molecule has 48 valence electrons. The van der Waals surface area contributed by atoms with Crippen molar-refractivity contribution in [2.45, 2.75) is 26.2 Å². The minimum atomic E-state index is -0.209. The molecule has 1 fully saturated rings. The summed E-state index contributed by atoms with van der Waals surface area (Å²) >= 11 is 0. The molecule has 0 unspecified atom stereocenters. The molecule has 1 aliphatic rings. The first-order chi connectivity index (χ1) is 3.79. The number of hydrogen-bond donors (Lipinski definition) is 0. The van der Waals surface area contributed by atoms with Crippen molar-refractivity contribution in [3.63, 3.8) is 0 Å². The molecule has 0 aromatic heterocycles. The normalized spacial score (nSPS) is 39.8. The van der Waals surface area contributed by atoms with Gasteiger partial charge in [-0.05, 0) is 13.8 Å². The van der Waals surface area contributed by atoms with E-state index in [0.29, 0.717) is 6.61 Å². The zero-order valence-corrected chi connectivity index (χ0v) is 5.09. The summed E-state index contributed by atoms with van der Waals surface area (Å²) in [7, 11) is 0. The zero-order chi connectivity index (χ0) is 5.98. The van der Waals surface area contributed by atoms with Gasteiger partial charge in [0.25, 0.3) is 0 Å². The van der Waals surface area contributed by atoms with E-state index < -0.39 is 0 Å². The predicted molar refractivity (Wildman–Crippen MR) is 27.0 cm³/mol. The lowest BCUT2D eigenvalue weighted by Gasteiger charge is -2.23. The Hall–Kier alpha value is -0.120.